The second-order valence-corrected chi connectivity index (χ2v) is 20.3. The zero-order valence-corrected chi connectivity index (χ0v) is 51.5. The molecule has 0 aliphatic carbocycles. The van der Waals surface area contributed by atoms with E-state index in [1.54, 1.807) is 31.4 Å². The van der Waals surface area contributed by atoms with E-state index in [-0.39, 0.29) is 66.6 Å². The smallest absolute Gasteiger partial charge is 0.410 e. The first-order chi connectivity index (χ1) is 43.6. The number of amides is 1. The lowest BCUT2D eigenvalue weighted by Crippen LogP contribution is -2.24. The molecular weight excluding hydrogens is 1380 g/mol. The highest BCUT2D eigenvalue weighted by Gasteiger charge is 2.51. The van der Waals surface area contributed by atoms with Crippen LogP contribution >= 0.6 is 35.9 Å². The molecule has 6 aromatic carbocycles. The number of nitrogens with one attached hydrogen (secondary N) is 3. The van der Waals surface area contributed by atoms with Crippen molar-refractivity contribution in [1.29, 1.82) is 0 Å². The Morgan fingerprint density at radius 3 is 1.43 bits per heavy atom. The molecule has 2 aromatic heterocycles. The molecule has 0 fully saturated rings. The summed E-state index contributed by atoms with van der Waals surface area (Å²) in [6.07, 6.45) is 0.652. The van der Waals surface area contributed by atoms with Gasteiger partial charge in [0.15, 0.2) is 24.2 Å². The Balaban J connectivity index is 0.000000396. The van der Waals surface area contributed by atoms with Crippen molar-refractivity contribution in [3.05, 3.63) is 178 Å². The minimum absolute atomic E-state index is 0. The number of aromatic hydroxyl groups is 1. The van der Waals surface area contributed by atoms with Gasteiger partial charge in [0.05, 0.1) is 68.3 Å². The van der Waals surface area contributed by atoms with E-state index in [9.17, 15) is 76.4 Å². The average Bonchev–Trinajstić information content (AvgIpc) is 2.06. The number of halogens is 14. The second-order valence-electron chi connectivity index (χ2n) is 16.6. The number of nitrogens with two attached hydrogens (primary N) is 1. The molecule has 0 saturated carbocycles. The molecule has 0 aliphatic heterocycles. The Hall–Kier alpha value is -9.28. The van der Waals surface area contributed by atoms with Crippen molar-refractivity contribution in [3.63, 3.8) is 0 Å². The van der Waals surface area contributed by atoms with Gasteiger partial charge in [-0.1, -0.05) is 24.3 Å². The molecule has 0 saturated heterocycles. The molecule has 22 nitrogen and oxygen atoms in total. The summed E-state index contributed by atoms with van der Waals surface area (Å²) < 4.78 is 186. The van der Waals surface area contributed by atoms with Gasteiger partial charge in [0, 0.05) is 15.9 Å². The predicted molar refractivity (Wildman–Crippen MR) is 313 cm³/mol. The van der Waals surface area contributed by atoms with Crippen molar-refractivity contribution in [3.8, 4) is 57.3 Å². The topological polar surface area (TPSA) is 312 Å². The summed E-state index contributed by atoms with van der Waals surface area (Å²) in [7, 11) is -1.18. The lowest BCUT2D eigenvalue weighted by atomic mass is 10.2. The second kappa shape index (κ2) is 39.9. The first-order valence-electron chi connectivity index (χ1n) is 25.5. The number of alkyl halides is 9. The number of hydrogen-bond acceptors (Lipinski definition) is 18. The first-order valence-corrected chi connectivity index (χ1v) is 27.8. The van der Waals surface area contributed by atoms with E-state index in [1.165, 1.54) is 21.0 Å². The standard InChI is InChI=1S/C18H15F3N4O3.C10H12N4O.C8H5F3O3.C8H5F3O2.C7H5FO2.C5H10BrF2O3P.ClH/c1-27-13-5-3-2-4-11(13)16-23-15(24-25-16)9-22-17(26)12-8-10(19)6-7-14(12)28-18(20)21;1-15-8-5-3-2-4-7(8)10-12-9(6-11)13-14-10;9-4-1-2-6(14-8(10)11)5(3-4)7(12)13;9-6-1-2-7(13-8(10)11)5(3-6)4-12;8-6-1-2-7(10)5(3-6)4-9;1-3-10-12(9,11-4-2)5(6,7)8;/h2-8,18H,9H2,1H3,(H,22,26)(H,23,24,25);2-5H,6,11H2,1H3,(H,12,13,14);1-3,8H,(H,12,13);1-4,8H;1-4,10H;3-4H2,1-2H3;1H. The molecule has 8 aromatic rings. The zero-order valence-electron chi connectivity index (χ0n) is 48.2. The van der Waals surface area contributed by atoms with E-state index in [1.807, 2.05) is 40.2 Å². The van der Waals surface area contributed by atoms with Gasteiger partial charge in [0.2, 0.25) is 0 Å². The van der Waals surface area contributed by atoms with Gasteiger partial charge >= 0.3 is 38.0 Å². The number of para-hydroxylation sites is 2. The summed E-state index contributed by atoms with van der Waals surface area (Å²) in [6.45, 7) is -6.29. The van der Waals surface area contributed by atoms with Crippen LogP contribution in [0.15, 0.2) is 121 Å². The number of nitrogens with zero attached hydrogens (tertiary/aromatic N) is 4. The number of rotatable bonds is 22. The summed E-state index contributed by atoms with van der Waals surface area (Å²) in [4.78, 5) is 51.5. The maximum Gasteiger partial charge on any atom is 0.410 e. The maximum absolute atomic E-state index is 13.4. The van der Waals surface area contributed by atoms with Crippen molar-refractivity contribution < 1.29 is 119 Å². The fourth-order valence-electron chi connectivity index (χ4n) is 6.62. The Kier molecular flexibility index (Phi) is 34.2. The molecule has 8 rings (SSSR count). The van der Waals surface area contributed by atoms with Gasteiger partial charge in [0.25, 0.3) is 5.91 Å². The number of carboxylic acids is 1. The van der Waals surface area contributed by atoms with Crippen LogP contribution in [0.4, 0.5) is 52.7 Å². The number of H-pyrrole nitrogens is 2. The molecule has 0 atom stereocenters. The number of aldehydes is 2. The monoisotopic (exact) mass is 1430 g/mol. The molecule has 0 aliphatic rings. The molecule has 37 heteroatoms. The number of aromatic nitrogens is 6. The van der Waals surface area contributed by atoms with E-state index in [2.05, 4.69) is 58.9 Å². The Morgan fingerprint density at radius 2 is 1.02 bits per heavy atom. The van der Waals surface area contributed by atoms with Crippen LogP contribution in [0, 0.1) is 23.3 Å². The number of aromatic carboxylic acids is 1. The molecule has 0 spiro atoms. The summed E-state index contributed by atoms with van der Waals surface area (Å²) in [6, 6.07) is 25.6. The highest BCUT2D eigenvalue weighted by atomic mass is 79.9. The Bertz CT molecular complexity index is 3700. The van der Waals surface area contributed by atoms with Crippen molar-refractivity contribution in [1.82, 2.24) is 35.7 Å². The van der Waals surface area contributed by atoms with Gasteiger partial charge in [-0.15, -0.1) is 12.4 Å². The van der Waals surface area contributed by atoms with Crippen molar-refractivity contribution in [2.45, 2.75) is 51.3 Å². The Morgan fingerprint density at radius 1 is 0.624 bits per heavy atom. The van der Waals surface area contributed by atoms with Crippen LogP contribution in [0.3, 0.4) is 0 Å². The predicted octanol–water partition coefficient (Wildman–Crippen LogP) is 13.4. The quantitative estimate of drug-likeness (QED) is 0.0159. The Labute approximate surface area is 533 Å². The number of carbonyl (C=O) groups excluding carboxylic acids is 3. The van der Waals surface area contributed by atoms with E-state index in [0.717, 1.165) is 78.0 Å². The highest BCUT2D eigenvalue weighted by Crippen LogP contribution is 2.64. The highest BCUT2D eigenvalue weighted by molar-refractivity contribution is 9.11. The SMILES string of the molecule is CCOP(=O)(OCC)C(F)(F)Br.COc1ccccc1-c1n[nH]c(CN)n1.COc1ccccc1-c1n[nH]c(CNC(=O)c2cc(F)ccc2OC(F)F)n1.Cl.O=C(O)c1cc(F)ccc1OC(F)F.O=Cc1cc(F)ccc1O.O=Cc1cc(F)ccc1OC(F)F. The number of carboxylic acid groups (broad SMARTS) is 1. The van der Waals surface area contributed by atoms with Gasteiger partial charge in [0.1, 0.15) is 75.0 Å². The third-order valence-corrected chi connectivity index (χ3v) is 13.6. The third-order valence-electron chi connectivity index (χ3n) is 10.5. The molecule has 0 bridgehead atoms. The minimum Gasteiger partial charge on any atom is -0.507 e. The van der Waals surface area contributed by atoms with E-state index >= 15 is 0 Å². The number of hydrogen-bond donors (Lipinski definition) is 6. The van der Waals surface area contributed by atoms with E-state index in [4.69, 9.17) is 25.4 Å². The third kappa shape index (κ3) is 26.5. The van der Waals surface area contributed by atoms with Crippen LogP contribution in [-0.4, -0.2) is 117 Å². The van der Waals surface area contributed by atoms with Crippen LogP contribution < -0.4 is 34.7 Å². The molecule has 504 valence electrons. The molecule has 1 amide bonds. The molecular formula is C56H53BrClF12N8O14P. The van der Waals surface area contributed by atoms with Gasteiger partial charge in [-0.25, -0.2) is 32.3 Å². The summed E-state index contributed by atoms with van der Waals surface area (Å²) in [5.74, 6) is -3.38. The van der Waals surface area contributed by atoms with Crippen molar-refractivity contribution in [2.75, 3.05) is 27.4 Å². The first kappa shape index (κ1) is 79.8. The average molecular weight is 1440 g/mol. The van der Waals surface area contributed by atoms with Crippen LogP contribution in [0.5, 0.6) is 34.5 Å². The summed E-state index contributed by atoms with van der Waals surface area (Å²) in [5, 5.41) is 33.4. The van der Waals surface area contributed by atoms with Crippen LogP contribution in [0.2, 0.25) is 0 Å². The molecule has 93 heavy (non-hydrogen) atoms. The number of carbonyl (C=O) groups is 4. The van der Waals surface area contributed by atoms with Crippen LogP contribution in [0.25, 0.3) is 22.8 Å². The van der Waals surface area contributed by atoms with Gasteiger partial charge in [-0.05, 0) is 111 Å². The van der Waals surface area contributed by atoms with Crippen molar-refractivity contribution >= 4 is 60.4 Å². The molecule has 2 heterocycles. The van der Waals surface area contributed by atoms with Gasteiger partial charge in [-0.3, -0.25) is 29.1 Å². The largest absolute Gasteiger partial charge is 0.507 e. The number of benzene rings is 6. The van der Waals surface area contributed by atoms with Crippen LogP contribution in [0.1, 0.15) is 66.9 Å². The fourth-order valence-corrected chi connectivity index (χ4v) is 8.29. The van der Waals surface area contributed by atoms with Gasteiger partial charge in [-0.2, -0.15) is 45.3 Å². The number of aromatic amines is 2. The number of methoxy groups -OCH3 is 2. The summed E-state index contributed by atoms with van der Waals surface area (Å²) >= 11 is 1.96. The van der Waals surface area contributed by atoms with E-state index < -0.39 is 84.2 Å². The van der Waals surface area contributed by atoms with Crippen LogP contribution in [-0.2, 0) is 26.7 Å². The number of ether oxygens (including phenoxy) is 5. The molecule has 0 radical (unpaired) electrons. The lowest BCUT2D eigenvalue weighted by molar-refractivity contribution is -0.0510. The van der Waals surface area contributed by atoms with Crippen molar-refractivity contribution in [2.24, 2.45) is 5.73 Å². The maximum atomic E-state index is 13.4. The number of phenols is 1. The fraction of sp³-hybridized carbons (Fsp3) is 0.214. The minimum atomic E-state index is -4.32. The normalized spacial score (nSPS) is 10.6. The molecule has 0 unspecified atom stereocenters. The zero-order chi connectivity index (χ0) is 68.7. The summed E-state index contributed by atoms with van der Waals surface area (Å²) in [5.41, 5.74) is 5.70. The van der Waals surface area contributed by atoms with E-state index in [0.29, 0.717) is 53.5 Å². The lowest BCUT2D eigenvalue weighted by Gasteiger charge is -2.20. The van der Waals surface area contributed by atoms with Gasteiger partial charge < -0.3 is 54.0 Å². The number of phenolic OH excluding ortho intramolecular Hbond substituents is 1. The molecule has 7 N–H and O–H groups in total.